The Balaban J connectivity index is 1.45. The summed E-state index contributed by atoms with van der Waals surface area (Å²) >= 11 is 0. The third-order valence-electron chi connectivity index (χ3n) is 5.08. The topological polar surface area (TPSA) is 67.8 Å². The minimum Gasteiger partial charge on any atom is -0.459 e. The molecule has 4 rings (SSSR count). The Morgan fingerprint density at radius 3 is 3.04 bits per heavy atom. The van der Waals surface area contributed by atoms with E-state index in [0.717, 1.165) is 34.8 Å². The molecule has 8 heteroatoms. The summed E-state index contributed by atoms with van der Waals surface area (Å²) in [5.41, 5.74) is 2.68. The molecule has 1 fully saturated rings. The minimum absolute atomic E-state index is 0.0445. The SMILES string of the molecule is CN=C(NCc1oc2ccc(F)cc2c1C)N1CCOC(c2cnn(C)c2)C1. The van der Waals surface area contributed by atoms with Crippen molar-refractivity contribution in [2.75, 3.05) is 26.7 Å². The maximum absolute atomic E-state index is 13.5. The van der Waals surface area contributed by atoms with E-state index < -0.39 is 0 Å². The highest BCUT2D eigenvalue weighted by Gasteiger charge is 2.25. The normalized spacial score (nSPS) is 18.1. The lowest BCUT2D eigenvalue weighted by Crippen LogP contribution is -2.47. The zero-order valence-corrected chi connectivity index (χ0v) is 16.3. The fourth-order valence-electron chi connectivity index (χ4n) is 3.55. The molecule has 1 aliphatic rings. The quantitative estimate of drug-likeness (QED) is 0.555. The minimum atomic E-state index is -0.263. The molecular formula is C20H24FN5O2. The number of rotatable bonds is 3. The van der Waals surface area contributed by atoms with Crippen molar-refractivity contribution in [2.45, 2.75) is 19.6 Å². The number of aromatic nitrogens is 2. The van der Waals surface area contributed by atoms with Gasteiger partial charge in [0.2, 0.25) is 0 Å². The summed E-state index contributed by atoms with van der Waals surface area (Å²) in [7, 11) is 3.66. The molecule has 1 unspecified atom stereocenters. The van der Waals surface area contributed by atoms with E-state index in [9.17, 15) is 4.39 Å². The number of benzene rings is 1. The largest absolute Gasteiger partial charge is 0.459 e. The van der Waals surface area contributed by atoms with Crippen molar-refractivity contribution in [3.8, 4) is 0 Å². The summed E-state index contributed by atoms with van der Waals surface area (Å²) in [5.74, 6) is 1.29. The Hall–Kier alpha value is -2.87. The van der Waals surface area contributed by atoms with Crippen LogP contribution in [0.5, 0.6) is 0 Å². The second-order valence-electron chi connectivity index (χ2n) is 6.94. The molecule has 1 N–H and O–H groups in total. The van der Waals surface area contributed by atoms with Crippen molar-refractivity contribution in [1.29, 1.82) is 0 Å². The highest BCUT2D eigenvalue weighted by atomic mass is 19.1. The first-order valence-corrected chi connectivity index (χ1v) is 9.28. The highest BCUT2D eigenvalue weighted by Crippen LogP contribution is 2.26. The summed E-state index contributed by atoms with van der Waals surface area (Å²) in [5, 5.41) is 8.39. The van der Waals surface area contributed by atoms with Crippen LogP contribution >= 0.6 is 0 Å². The average Bonchev–Trinajstić information content (AvgIpc) is 3.27. The van der Waals surface area contributed by atoms with Crippen LogP contribution in [0, 0.1) is 12.7 Å². The number of aryl methyl sites for hydroxylation is 2. The highest BCUT2D eigenvalue weighted by molar-refractivity contribution is 5.83. The molecule has 28 heavy (non-hydrogen) atoms. The van der Waals surface area contributed by atoms with E-state index in [4.69, 9.17) is 9.15 Å². The number of aliphatic imine (C=N–C) groups is 1. The predicted molar refractivity (Wildman–Crippen MR) is 105 cm³/mol. The first-order valence-electron chi connectivity index (χ1n) is 9.28. The fraction of sp³-hybridized carbons (Fsp3) is 0.400. The van der Waals surface area contributed by atoms with Gasteiger partial charge in [0.1, 0.15) is 23.3 Å². The van der Waals surface area contributed by atoms with E-state index in [0.29, 0.717) is 25.3 Å². The number of hydrogen-bond donors (Lipinski definition) is 1. The molecule has 148 valence electrons. The van der Waals surface area contributed by atoms with Crippen molar-refractivity contribution in [2.24, 2.45) is 12.0 Å². The molecule has 0 bridgehead atoms. The molecular weight excluding hydrogens is 361 g/mol. The zero-order chi connectivity index (χ0) is 19.7. The van der Waals surface area contributed by atoms with Gasteiger partial charge in [-0.25, -0.2) is 4.39 Å². The van der Waals surface area contributed by atoms with Crippen LogP contribution in [-0.4, -0.2) is 47.4 Å². The van der Waals surface area contributed by atoms with E-state index in [-0.39, 0.29) is 11.9 Å². The standard InChI is InChI=1S/C20H24FN5O2/c1-13-16-8-15(21)4-5-17(16)28-18(13)10-23-20(22-2)26-6-7-27-19(12-26)14-9-24-25(3)11-14/h4-5,8-9,11,19H,6-7,10,12H2,1-3H3,(H,22,23). The molecule has 3 heterocycles. The van der Waals surface area contributed by atoms with Gasteiger partial charge >= 0.3 is 0 Å². The first-order chi connectivity index (χ1) is 13.5. The number of hydrogen-bond acceptors (Lipinski definition) is 4. The summed E-state index contributed by atoms with van der Waals surface area (Å²) in [4.78, 5) is 6.58. The predicted octanol–water partition coefficient (Wildman–Crippen LogP) is 2.76. The van der Waals surface area contributed by atoms with Gasteiger partial charge in [0, 0.05) is 43.4 Å². The van der Waals surface area contributed by atoms with Crippen LogP contribution in [0.25, 0.3) is 11.0 Å². The molecule has 1 aliphatic heterocycles. The van der Waals surface area contributed by atoms with Gasteiger partial charge in [-0.2, -0.15) is 5.10 Å². The van der Waals surface area contributed by atoms with Crippen LogP contribution in [0.15, 0.2) is 40.0 Å². The van der Waals surface area contributed by atoms with Gasteiger partial charge in [0.05, 0.1) is 25.9 Å². The first kappa shape index (κ1) is 18.5. The Bertz CT molecular complexity index is 1010. The van der Waals surface area contributed by atoms with Crippen molar-refractivity contribution >= 4 is 16.9 Å². The second-order valence-corrected chi connectivity index (χ2v) is 6.94. The van der Waals surface area contributed by atoms with E-state index in [1.165, 1.54) is 12.1 Å². The molecule has 1 aromatic carbocycles. The molecule has 0 amide bonds. The Labute approximate surface area is 162 Å². The number of fused-ring (bicyclic) bond motifs is 1. The van der Waals surface area contributed by atoms with Crippen LogP contribution < -0.4 is 5.32 Å². The van der Waals surface area contributed by atoms with Crippen molar-refractivity contribution in [1.82, 2.24) is 20.0 Å². The van der Waals surface area contributed by atoms with Gasteiger partial charge in [0.15, 0.2) is 5.96 Å². The number of nitrogens with zero attached hydrogens (tertiary/aromatic N) is 4. The summed E-state index contributed by atoms with van der Waals surface area (Å²) in [6.45, 7) is 4.47. The van der Waals surface area contributed by atoms with Crippen molar-refractivity contribution < 1.29 is 13.5 Å². The third-order valence-corrected chi connectivity index (χ3v) is 5.08. The van der Waals surface area contributed by atoms with E-state index in [2.05, 4.69) is 20.3 Å². The number of furan rings is 1. The summed E-state index contributed by atoms with van der Waals surface area (Å²) in [6, 6.07) is 4.58. The molecule has 1 atom stereocenters. The van der Waals surface area contributed by atoms with Crippen molar-refractivity contribution in [3.63, 3.8) is 0 Å². The summed E-state index contributed by atoms with van der Waals surface area (Å²) < 4.78 is 27.1. The maximum atomic E-state index is 13.5. The molecule has 0 radical (unpaired) electrons. The molecule has 3 aromatic rings. The van der Waals surface area contributed by atoms with Gasteiger partial charge < -0.3 is 19.4 Å². The smallest absolute Gasteiger partial charge is 0.194 e. The average molecular weight is 385 g/mol. The maximum Gasteiger partial charge on any atom is 0.194 e. The molecule has 2 aromatic heterocycles. The number of morpholine rings is 1. The molecule has 0 saturated carbocycles. The number of halogens is 1. The summed E-state index contributed by atoms with van der Waals surface area (Å²) in [6.07, 6.45) is 3.76. The molecule has 7 nitrogen and oxygen atoms in total. The number of nitrogens with one attached hydrogen (secondary N) is 1. The Kier molecular flexibility index (Phi) is 5.04. The van der Waals surface area contributed by atoms with Gasteiger partial charge in [-0.1, -0.05) is 0 Å². The van der Waals surface area contributed by atoms with Crippen LogP contribution in [0.3, 0.4) is 0 Å². The van der Waals surface area contributed by atoms with E-state index in [1.54, 1.807) is 17.8 Å². The second kappa shape index (κ2) is 7.63. The lowest BCUT2D eigenvalue weighted by Gasteiger charge is -2.34. The Morgan fingerprint density at radius 2 is 2.29 bits per heavy atom. The zero-order valence-electron chi connectivity index (χ0n) is 16.3. The lowest BCUT2D eigenvalue weighted by molar-refractivity contribution is -0.00807. The van der Waals surface area contributed by atoms with E-state index >= 15 is 0 Å². The van der Waals surface area contributed by atoms with Crippen molar-refractivity contribution in [3.05, 3.63) is 53.3 Å². The van der Waals surface area contributed by atoms with Gasteiger partial charge in [0.25, 0.3) is 0 Å². The molecule has 0 spiro atoms. The fourth-order valence-corrected chi connectivity index (χ4v) is 3.55. The van der Waals surface area contributed by atoms with Gasteiger partial charge in [-0.3, -0.25) is 9.67 Å². The van der Waals surface area contributed by atoms with Crippen LogP contribution in [0.2, 0.25) is 0 Å². The third kappa shape index (κ3) is 3.60. The monoisotopic (exact) mass is 385 g/mol. The van der Waals surface area contributed by atoms with Crippen LogP contribution in [0.1, 0.15) is 23.0 Å². The van der Waals surface area contributed by atoms with E-state index in [1.807, 2.05) is 26.4 Å². The lowest BCUT2D eigenvalue weighted by atomic mass is 10.1. The van der Waals surface area contributed by atoms with Gasteiger partial charge in [-0.15, -0.1) is 0 Å². The number of ether oxygens (including phenoxy) is 1. The molecule has 0 aliphatic carbocycles. The molecule has 1 saturated heterocycles. The van der Waals surface area contributed by atoms with Crippen LogP contribution in [0.4, 0.5) is 4.39 Å². The Morgan fingerprint density at radius 1 is 1.43 bits per heavy atom. The van der Waals surface area contributed by atoms with Crippen LogP contribution in [-0.2, 0) is 18.3 Å². The number of guanidine groups is 1. The van der Waals surface area contributed by atoms with Gasteiger partial charge in [-0.05, 0) is 25.1 Å².